The molecule has 0 unspecified atom stereocenters. The van der Waals surface area contributed by atoms with Gasteiger partial charge in [-0.15, -0.1) is 0 Å². The van der Waals surface area contributed by atoms with Gasteiger partial charge in [-0.3, -0.25) is 0 Å². The molecule has 0 amide bonds. The zero-order valence-electron chi connectivity index (χ0n) is 12.6. The minimum Gasteiger partial charge on any atom is -0.495 e. The summed E-state index contributed by atoms with van der Waals surface area (Å²) < 4.78 is 32.2. The molecule has 0 aromatic heterocycles. The van der Waals surface area contributed by atoms with Crippen LogP contribution in [0, 0.1) is 0 Å². The second-order valence-electron chi connectivity index (χ2n) is 5.67. The van der Waals surface area contributed by atoms with E-state index in [4.69, 9.17) is 10.5 Å². The molecule has 21 heavy (non-hydrogen) atoms. The molecule has 0 atom stereocenters. The van der Waals surface area contributed by atoms with Crippen LogP contribution >= 0.6 is 11.8 Å². The maximum atomic E-state index is 12.7. The van der Waals surface area contributed by atoms with Crippen LogP contribution in [0.25, 0.3) is 0 Å². The zero-order valence-corrected chi connectivity index (χ0v) is 14.3. The van der Waals surface area contributed by atoms with Crippen molar-refractivity contribution in [2.45, 2.75) is 29.9 Å². The third-order valence-corrected chi connectivity index (χ3v) is 6.90. The molecule has 2 rings (SSSR count). The van der Waals surface area contributed by atoms with E-state index in [0.29, 0.717) is 24.5 Å². The first kappa shape index (κ1) is 16.5. The molecule has 7 heteroatoms. The first-order valence-corrected chi connectivity index (χ1v) is 9.26. The van der Waals surface area contributed by atoms with Crippen LogP contribution in [0.4, 0.5) is 5.69 Å². The second kappa shape index (κ2) is 6.06. The molecule has 0 aliphatic carbocycles. The Morgan fingerprint density at radius 1 is 1.33 bits per heavy atom. The van der Waals surface area contributed by atoms with Gasteiger partial charge >= 0.3 is 0 Å². The maximum Gasteiger partial charge on any atom is 0.243 e. The van der Waals surface area contributed by atoms with Crippen molar-refractivity contribution in [2.24, 2.45) is 0 Å². The molecule has 0 bridgehead atoms. The van der Waals surface area contributed by atoms with Crippen LogP contribution in [-0.4, -0.2) is 43.4 Å². The summed E-state index contributed by atoms with van der Waals surface area (Å²) in [7, 11) is -1.99. The third kappa shape index (κ3) is 3.64. The highest BCUT2D eigenvalue weighted by atomic mass is 32.2. The summed E-state index contributed by atoms with van der Waals surface area (Å²) in [6, 6.07) is 4.61. The van der Waals surface area contributed by atoms with Crippen LogP contribution in [0.1, 0.15) is 20.3 Å². The molecule has 1 aliphatic rings. The van der Waals surface area contributed by atoms with Crippen LogP contribution in [0.15, 0.2) is 23.1 Å². The number of thioether (sulfide) groups is 1. The first-order valence-electron chi connectivity index (χ1n) is 6.84. The van der Waals surface area contributed by atoms with Gasteiger partial charge in [0.25, 0.3) is 0 Å². The van der Waals surface area contributed by atoms with Crippen molar-refractivity contribution in [2.75, 3.05) is 31.7 Å². The van der Waals surface area contributed by atoms with E-state index in [0.717, 1.165) is 12.2 Å². The Labute approximate surface area is 130 Å². The largest absolute Gasteiger partial charge is 0.495 e. The van der Waals surface area contributed by atoms with Gasteiger partial charge in [0.15, 0.2) is 0 Å². The van der Waals surface area contributed by atoms with E-state index < -0.39 is 10.0 Å². The number of ether oxygens (including phenoxy) is 1. The lowest BCUT2D eigenvalue weighted by molar-refractivity contribution is 0.412. The highest BCUT2D eigenvalue weighted by Crippen LogP contribution is 2.33. The molecule has 5 nitrogen and oxygen atoms in total. The van der Waals surface area contributed by atoms with Crippen LogP contribution in [0.2, 0.25) is 0 Å². The molecule has 1 aliphatic heterocycles. The molecule has 0 radical (unpaired) electrons. The lowest BCUT2D eigenvalue weighted by Crippen LogP contribution is -2.33. The van der Waals surface area contributed by atoms with Gasteiger partial charge in [-0.05, 0) is 24.6 Å². The number of rotatable bonds is 3. The highest BCUT2D eigenvalue weighted by Gasteiger charge is 2.31. The molecule has 1 saturated heterocycles. The summed E-state index contributed by atoms with van der Waals surface area (Å²) in [5.74, 6) is 1.29. The van der Waals surface area contributed by atoms with Gasteiger partial charge in [0.1, 0.15) is 5.75 Å². The normalized spacial score (nSPS) is 20.0. The third-order valence-electron chi connectivity index (χ3n) is 3.64. The van der Waals surface area contributed by atoms with E-state index in [2.05, 4.69) is 13.8 Å². The van der Waals surface area contributed by atoms with Crippen LogP contribution < -0.4 is 10.5 Å². The van der Waals surface area contributed by atoms with Crippen molar-refractivity contribution >= 4 is 27.5 Å². The lowest BCUT2D eigenvalue weighted by Gasteiger charge is -2.22. The Hall–Kier alpha value is -0.920. The number of nitrogens with zero attached hydrogens (tertiary/aromatic N) is 1. The number of anilines is 1. The summed E-state index contributed by atoms with van der Waals surface area (Å²) in [5.41, 5.74) is 6.16. The first-order chi connectivity index (χ1) is 9.76. The summed E-state index contributed by atoms with van der Waals surface area (Å²) in [4.78, 5) is 0.227. The Bertz CT molecular complexity index is 615. The van der Waals surface area contributed by atoms with E-state index in [-0.39, 0.29) is 9.64 Å². The van der Waals surface area contributed by atoms with Crippen molar-refractivity contribution in [3.05, 3.63) is 18.2 Å². The van der Waals surface area contributed by atoms with Gasteiger partial charge in [-0.25, -0.2) is 8.42 Å². The SMILES string of the molecule is COc1ccc(S(=O)(=O)N2CCSC(C)(C)CC2)cc1N. The number of benzene rings is 1. The number of sulfonamides is 1. The smallest absolute Gasteiger partial charge is 0.243 e. The van der Waals surface area contributed by atoms with E-state index >= 15 is 0 Å². The number of nitrogens with two attached hydrogens (primary N) is 1. The van der Waals surface area contributed by atoms with E-state index in [1.807, 2.05) is 11.8 Å². The van der Waals surface area contributed by atoms with Crippen molar-refractivity contribution in [3.63, 3.8) is 0 Å². The molecule has 1 heterocycles. The fourth-order valence-corrected chi connectivity index (χ4v) is 4.96. The van der Waals surface area contributed by atoms with Gasteiger partial charge in [-0.2, -0.15) is 16.1 Å². The molecule has 0 saturated carbocycles. The van der Waals surface area contributed by atoms with Crippen LogP contribution in [-0.2, 0) is 10.0 Å². The van der Waals surface area contributed by atoms with Crippen molar-refractivity contribution < 1.29 is 13.2 Å². The summed E-state index contributed by atoms with van der Waals surface area (Å²) in [5, 5.41) is 0. The van der Waals surface area contributed by atoms with Crippen molar-refractivity contribution in [1.29, 1.82) is 0 Å². The molecule has 118 valence electrons. The molecular formula is C14H22N2O3S2. The topological polar surface area (TPSA) is 72.6 Å². The molecule has 2 N–H and O–H groups in total. The monoisotopic (exact) mass is 330 g/mol. The average Bonchev–Trinajstić information content (AvgIpc) is 2.60. The van der Waals surface area contributed by atoms with E-state index in [1.54, 1.807) is 16.4 Å². The number of nitrogen functional groups attached to an aromatic ring is 1. The minimum atomic E-state index is -3.50. The quantitative estimate of drug-likeness (QED) is 0.860. The number of hydrogen-bond acceptors (Lipinski definition) is 5. The van der Waals surface area contributed by atoms with Crippen molar-refractivity contribution in [3.8, 4) is 5.75 Å². The molecule has 1 fully saturated rings. The van der Waals surface area contributed by atoms with Crippen LogP contribution in [0.5, 0.6) is 5.75 Å². The fourth-order valence-electron chi connectivity index (χ4n) is 2.26. The van der Waals surface area contributed by atoms with E-state index in [1.165, 1.54) is 13.2 Å². The fraction of sp³-hybridized carbons (Fsp3) is 0.571. The minimum absolute atomic E-state index is 0.114. The molecular weight excluding hydrogens is 308 g/mol. The van der Waals surface area contributed by atoms with Gasteiger partial charge in [0.2, 0.25) is 10.0 Å². The van der Waals surface area contributed by atoms with E-state index in [9.17, 15) is 8.42 Å². The number of hydrogen-bond donors (Lipinski definition) is 1. The lowest BCUT2D eigenvalue weighted by atomic mass is 10.1. The Kier molecular flexibility index (Phi) is 4.75. The van der Waals surface area contributed by atoms with Crippen molar-refractivity contribution in [1.82, 2.24) is 4.31 Å². The zero-order chi connectivity index (χ0) is 15.7. The standard InChI is InChI=1S/C14H22N2O3S2/c1-14(2)6-7-16(8-9-20-14)21(17,18)11-4-5-13(19-3)12(15)10-11/h4-5,10H,6-9,15H2,1-3H3. The highest BCUT2D eigenvalue weighted by molar-refractivity contribution is 8.00. The predicted molar refractivity (Wildman–Crippen MR) is 87.3 cm³/mol. The van der Waals surface area contributed by atoms with Gasteiger partial charge in [0.05, 0.1) is 17.7 Å². The molecule has 1 aromatic rings. The predicted octanol–water partition coefficient (Wildman–Crippen LogP) is 2.18. The van der Waals surface area contributed by atoms with Gasteiger partial charge in [-0.1, -0.05) is 13.8 Å². The molecule has 0 spiro atoms. The number of methoxy groups -OCH3 is 1. The summed E-state index contributed by atoms with van der Waals surface area (Å²) >= 11 is 1.81. The maximum absolute atomic E-state index is 12.7. The van der Waals surface area contributed by atoms with Crippen LogP contribution in [0.3, 0.4) is 0 Å². The molecule has 1 aromatic carbocycles. The van der Waals surface area contributed by atoms with Gasteiger partial charge < -0.3 is 10.5 Å². The summed E-state index contributed by atoms with van der Waals surface area (Å²) in [6.45, 7) is 5.37. The Morgan fingerprint density at radius 3 is 2.67 bits per heavy atom. The Balaban J connectivity index is 2.27. The van der Waals surface area contributed by atoms with Gasteiger partial charge in [0, 0.05) is 23.6 Å². The second-order valence-corrected chi connectivity index (χ2v) is 9.41. The Morgan fingerprint density at radius 2 is 2.05 bits per heavy atom. The summed E-state index contributed by atoms with van der Waals surface area (Å²) in [6.07, 6.45) is 0.836. The average molecular weight is 330 g/mol.